The van der Waals surface area contributed by atoms with Crippen molar-refractivity contribution in [2.24, 2.45) is 5.92 Å². The highest BCUT2D eigenvalue weighted by atomic mass is 16.6. The summed E-state index contributed by atoms with van der Waals surface area (Å²) in [5.74, 6) is -0.518. The van der Waals surface area contributed by atoms with E-state index in [1.54, 1.807) is 19.2 Å². The highest BCUT2D eigenvalue weighted by Gasteiger charge is 2.56. The van der Waals surface area contributed by atoms with E-state index >= 15 is 0 Å². The number of benzene rings is 2. The number of carbonyl (C=O) groups excluding carboxylic acids is 2. The molecule has 2 bridgehead atoms. The molecular formula is C40H48O9. The van der Waals surface area contributed by atoms with Crippen LogP contribution in [0, 0.1) is 5.92 Å². The predicted octanol–water partition coefficient (Wildman–Crippen LogP) is 7.01. The van der Waals surface area contributed by atoms with Crippen molar-refractivity contribution in [3.05, 3.63) is 85.8 Å². The molecule has 2 aromatic carbocycles. The van der Waals surface area contributed by atoms with Crippen LogP contribution in [0.2, 0.25) is 0 Å². The Hall–Kier alpha value is -3.95. The van der Waals surface area contributed by atoms with Crippen molar-refractivity contribution in [3.8, 4) is 5.75 Å². The molecule has 1 N–H and O–H groups in total. The molecule has 262 valence electrons. The maximum Gasteiger partial charge on any atom is 0.339 e. The van der Waals surface area contributed by atoms with Gasteiger partial charge in [0.1, 0.15) is 16.9 Å². The molecule has 4 heterocycles. The van der Waals surface area contributed by atoms with E-state index in [9.17, 15) is 19.5 Å². The van der Waals surface area contributed by atoms with Gasteiger partial charge in [0.2, 0.25) is 0 Å². The standard InChI is InChI=1S/C40H48O9/c1-24(2)28-18-17-26-15-13-25(14-16-26)9-8-12-33(42)46-36-34-32(49-40(3,37(36)48-38(28)43)27-10-6-5-7-11-27)20-19-29-31(23-41)30(21-22-45-4)39(44)47-35(29)34/h13-16,19-20,27,36-37,41H,5-12,17-18,21-23H2,1-4H3. The Balaban J connectivity index is 1.54. The SMILES string of the molecule is COCCc1c(CO)c2ccc3c(c2oc1=O)C1OC(=O)CCCc2ccc(cc2)CCC(=C(C)C)C(=O)OC1C(C)(C1CCCCC1)O3. The van der Waals surface area contributed by atoms with Gasteiger partial charge in [-0.1, -0.05) is 49.1 Å². The van der Waals surface area contributed by atoms with Crippen LogP contribution in [-0.2, 0) is 49.7 Å². The Kier molecular flexibility index (Phi) is 10.6. The molecule has 7 rings (SSSR count). The van der Waals surface area contributed by atoms with Crippen molar-refractivity contribution in [2.45, 2.75) is 116 Å². The van der Waals surface area contributed by atoms with Crippen LogP contribution in [0.25, 0.3) is 11.0 Å². The monoisotopic (exact) mass is 672 g/mol. The van der Waals surface area contributed by atoms with Crippen molar-refractivity contribution in [1.29, 1.82) is 0 Å². The topological polar surface area (TPSA) is 122 Å². The number of aliphatic hydroxyl groups is 1. The Bertz CT molecular complexity index is 1780. The number of methoxy groups -OCH3 is 1. The van der Waals surface area contributed by atoms with E-state index in [4.69, 9.17) is 23.4 Å². The van der Waals surface area contributed by atoms with Crippen molar-refractivity contribution in [1.82, 2.24) is 0 Å². The fourth-order valence-corrected chi connectivity index (χ4v) is 7.93. The molecular weight excluding hydrogens is 624 g/mol. The fourth-order valence-electron chi connectivity index (χ4n) is 7.93. The minimum absolute atomic E-state index is 0.0132. The number of carbonyl (C=O) groups is 2. The molecule has 3 atom stereocenters. The first kappa shape index (κ1) is 34.9. The van der Waals surface area contributed by atoms with Crippen molar-refractivity contribution < 1.29 is 38.1 Å². The molecule has 49 heavy (non-hydrogen) atoms. The highest BCUT2D eigenvalue weighted by molar-refractivity contribution is 5.90. The van der Waals surface area contributed by atoms with Crippen LogP contribution < -0.4 is 10.4 Å². The maximum atomic E-state index is 14.3. The molecule has 3 aliphatic heterocycles. The number of hydrogen-bond acceptors (Lipinski definition) is 9. The number of rotatable bonds is 5. The molecule has 0 amide bonds. The lowest BCUT2D eigenvalue weighted by atomic mass is 9.71. The maximum absolute atomic E-state index is 14.3. The summed E-state index contributed by atoms with van der Waals surface area (Å²) in [7, 11) is 1.54. The summed E-state index contributed by atoms with van der Waals surface area (Å²) in [6.07, 6.45) is 5.53. The van der Waals surface area contributed by atoms with Crippen molar-refractivity contribution in [3.63, 3.8) is 0 Å². The van der Waals surface area contributed by atoms with Crippen LogP contribution in [0.4, 0.5) is 0 Å². The Morgan fingerprint density at radius 2 is 1.59 bits per heavy atom. The van der Waals surface area contributed by atoms with Gasteiger partial charge in [0, 0.05) is 42.4 Å². The molecule has 1 saturated carbocycles. The van der Waals surface area contributed by atoms with Gasteiger partial charge in [0.05, 0.1) is 18.8 Å². The first-order valence-corrected chi connectivity index (χ1v) is 17.7. The third-order valence-corrected chi connectivity index (χ3v) is 10.7. The van der Waals surface area contributed by atoms with Crippen LogP contribution in [0.3, 0.4) is 0 Å². The zero-order chi connectivity index (χ0) is 34.7. The highest BCUT2D eigenvalue weighted by Crippen LogP contribution is 2.52. The quantitative estimate of drug-likeness (QED) is 0.173. The number of ether oxygens (including phenoxy) is 4. The first-order chi connectivity index (χ1) is 23.6. The van der Waals surface area contributed by atoms with Gasteiger partial charge in [-0.15, -0.1) is 0 Å². The van der Waals surface area contributed by atoms with Crippen molar-refractivity contribution in [2.75, 3.05) is 13.7 Å². The number of esters is 2. The molecule has 9 nitrogen and oxygen atoms in total. The normalized spacial score (nSPS) is 23.7. The Labute approximate surface area is 287 Å². The third-order valence-electron chi connectivity index (χ3n) is 10.7. The number of aliphatic hydroxyl groups excluding tert-OH is 1. The summed E-state index contributed by atoms with van der Waals surface area (Å²) in [6.45, 7) is 5.63. The second kappa shape index (κ2) is 14.9. The van der Waals surface area contributed by atoms with Gasteiger partial charge in [-0.25, -0.2) is 9.59 Å². The average Bonchev–Trinajstić information content (AvgIpc) is 3.09. The zero-order valence-electron chi connectivity index (χ0n) is 29.1. The fraction of sp³-hybridized carbons (Fsp3) is 0.525. The third kappa shape index (κ3) is 7.06. The average molecular weight is 673 g/mol. The lowest BCUT2D eigenvalue weighted by molar-refractivity contribution is -0.200. The zero-order valence-corrected chi connectivity index (χ0v) is 29.1. The lowest BCUT2D eigenvalue weighted by Crippen LogP contribution is -2.58. The van der Waals surface area contributed by atoms with Crippen LogP contribution in [-0.4, -0.2) is 42.5 Å². The summed E-state index contributed by atoms with van der Waals surface area (Å²) in [6, 6.07) is 11.9. The van der Waals surface area contributed by atoms with E-state index in [-0.39, 0.29) is 30.9 Å². The first-order valence-electron chi connectivity index (χ1n) is 17.7. The number of allylic oxidation sites excluding steroid dienone is 1. The van der Waals surface area contributed by atoms with Gasteiger partial charge in [-0.2, -0.15) is 0 Å². The molecule has 1 aromatic heterocycles. The smallest absolute Gasteiger partial charge is 0.339 e. The molecule has 0 spiro atoms. The predicted molar refractivity (Wildman–Crippen MR) is 184 cm³/mol. The van der Waals surface area contributed by atoms with E-state index in [0.717, 1.165) is 48.8 Å². The minimum atomic E-state index is -1.13. The molecule has 4 aliphatic rings. The van der Waals surface area contributed by atoms with Crippen molar-refractivity contribution >= 4 is 22.9 Å². The van der Waals surface area contributed by atoms with Crippen LogP contribution >= 0.6 is 0 Å². The Morgan fingerprint density at radius 1 is 0.878 bits per heavy atom. The van der Waals surface area contributed by atoms with E-state index < -0.39 is 42.0 Å². The summed E-state index contributed by atoms with van der Waals surface area (Å²) in [5.41, 5.74) is 3.20. The van der Waals surface area contributed by atoms with Gasteiger partial charge in [0.25, 0.3) is 0 Å². The van der Waals surface area contributed by atoms with Gasteiger partial charge in [-0.3, -0.25) is 4.79 Å². The minimum Gasteiger partial charge on any atom is -0.483 e. The van der Waals surface area contributed by atoms with E-state index in [1.807, 2.05) is 20.8 Å². The summed E-state index contributed by atoms with van der Waals surface area (Å²) < 4.78 is 31.1. The largest absolute Gasteiger partial charge is 0.483 e. The van der Waals surface area contributed by atoms with E-state index in [2.05, 4.69) is 24.3 Å². The molecule has 1 fully saturated rings. The van der Waals surface area contributed by atoms with Crippen LogP contribution in [0.15, 0.2) is 56.8 Å². The summed E-state index contributed by atoms with van der Waals surface area (Å²) in [4.78, 5) is 41.6. The van der Waals surface area contributed by atoms with Crippen LogP contribution in [0.1, 0.15) is 106 Å². The molecule has 9 heteroatoms. The summed E-state index contributed by atoms with van der Waals surface area (Å²) in [5, 5.41) is 11.0. The number of fused-ring (bicyclic) bond motifs is 13. The van der Waals surface area contributed by atoms with E-state index in [0.29, 0.717) is 59.1 Å². The van der Waals surface area contributed by atoms with E-state index in [1.165, 1.54) is 0 Å². The molecule has 3 aromatic rings. The summed E-state index contributed by atoms with van der Waals surface area (Å²) >= 11 is 0. The molecule has 3 unspecified atom stereocenters. The number of hydrogen-bond donors (Lipinski definition) is 1. The second-order valence-electron chi connectivity index (χ2n) is 14.1. The van der Waals surface area contributed by atoms with Crippen LogP contribution in [0.5, 0.6) is 5.75 Å². The molecule has 0 radical (unpaired) electrons. The Morgan fingerprint density at radius 3 is 2.27 bits per heavy atom. The molecule has 0 saturated heterocycles. The van der Waals surface area contributed by atoms with Gasteiger partial charge in [0.15, 0.2) is 12.2 Å². The van der Waals surface area contributed by atoms with Gasteiger partial charge >= 0.3 is 17.6 Å². The second-order valence-corrected chi connectivity index (χ2v) is 14.1. The number of aryl methyl sites for hydroxylation is 2. The molecule has 1 aliphatic carbocycles. The lowest BCUT2D eigenvalue weighted by Gasteiger charge is -2.49. The van der Waals surface area contributed by atoms with Gasteiger partial charge in [-0.05, 0) is 88.1 Å². The van der Waals surface area contributed by atoms with Gasteiger partial charge < -0.3 is 28.5 Å².